The molecule has 1 N–H and O–H groups in total. The number of thiazole rings is 1. The van der Waals surface area contributed by atoms with E-state index in [1.807, 2.05) is 12.1 Å². The fourth-order valence-corrected chi connectivity index (χ4v) is 6.92. The van der Waals surface area contributed by atoms with E-state index in [1.54, 1.807) is 56.8 Å². The van der Waals surface area contributed by atoms with Crippen molar-refractivity contribution in [3.63, 3.8) is 0 Å². The molecule has 0 radical (unpaired) electrons. The van der Waals surface area contributed by atoms with Gasteiger partial charge in [-0.25, -0.2) is 19.4 Å². The first-order valence-corrected chi connectivity index (χ1v) is 15.7. The number of piperazine rings is 1. The molecule has 0 spiro atoms. The van der Waals surface area contributed by atoms with Gasteiger partial charge in [0, 0.05) is 25.9 Å². The van der Waals surface area contributed by atoms with E-state index in [-0.39, 0.29) is 68.3 Å². The van der Waals surface area contributed by atoms with Crippen molar-refractivity contribution in [1.82, 2.24) is 24.8 Å². The molecule has 2 atom stereocenters. The Bertz CT molecular complexity index is 1840. The molecule has 6 rings (SSSR count). The summed E-state index contributed by atoms with van der Waals surface area (Å²) in [6, 6.07) is 17.6. The second kappa shape index (κ2) is 13.1. The third-order valence-electron chi connectivity index (χ3n) is 8.38. The van der Waals surface area contributed by atoms with Crippen LogP contribution < -0.4 is 0 Å². The minimum atomic E-state index is -0.929. The highest BCUT2D eigenvalue weighted by Gasteiger charge is 2.51. The third-order valence-corrected chi connectivity index (χ3v) is 9.22. The highest BCUT2D eigenvalue weighted by molar-refractivity contribution is 7.16. The van der Waals surface area contributed by atoms with Crippen LogP contribution in [0.25, 0.3) is 10.2 Å². The molecule has 4 aromatic rings. The van der Waals surface area contributed by atoms with E-state index in [4.69, 9.17) is 5.26 Å². The topological polar surface area (TPSA) is 121 Å². The van der Waals surface area contributed by atoms with Crippen LogP contribution in [0.1, 0.15) is 28.7 Å². The van der Waals surface area contributed by atoms with E-state index in [1.165, 1.54) is 34.4 Å². The van der Waals surface area contributed by atoms with E-state index < -0.39 is 12.2 Å². The van der Waals surface area contributed by atoms with E-state index in [0.29, 0.717) is 27.8 Å². The lowest BCUT2D eigenvalue weighted by molar-refractivity contribution is -0.205. The molecule has 0 unspecified atom stereocenters. The average Bonchev–Trinajstić information content (AvgIpc) is 3.56. The smallest absolute Gasteiger partial charge is 0.246 e. The third kappa shape index (κ3) is 6.07. The fourth-order valence-electron chi connectivity index (χ4n) is 6.18. The Balaban J connectivity index is 1.35. The van der Waals surface area contributed by atoms with Gasteiger partial charge >= 0.3 is 0 Å². The van der Waals surface area contributed by atoms with Crippen LogP contribution in [0.4, 0.5) is 4.39 Å². The average molecular weight is 639 g/mol. The maximum absolute atomic E-state index is 14.5. The summed E-state index contributed by atoms with van der Waals surface area (Å²) in [5.41, 5.74) is 4.85. The molecule has 3 amide bonds. The van der Waals surface area contributed by atoms with Gasteiger partial charge in [-0.3, -0.25) is 14.4 Å². The van der Waals surface area contributed by atoms with Crippen LogP contribution in [0.3, 0.4) is 0 Å². The molecule has 12 heteroatoms. The number of aryl methyl sites for hydroxylation is 1. The zero-order valence-electron chi connectivity index (χ0n) is 24.9. The van der Waals surface area contributed by atoms with Crippen LogP contribution in [0.15, 0.2) is 78.8 Å². The molecule has 3 aromatic carbocycles. The van der Waals surface area contributed by atoms with E-state index in [0.717, 1.165) is 11.1 Å². The van der Waals surface area contributed by atoms with Crippen LogP contribution in [0, 0.1) is 17.1 Å². The second-order valence-corrected chi connectivity index (χ2v) is 12.2. The predicted octanol–water partition coefficient (Wildman–Crippen LogP) is 4.00. The zero-order valence-corrected chi connectivity index (χ0v) is 25.7. The molecule has 2 saturated heterocycles. The predicted molar refractivity (Wildman–Crippen MR) is 169 cm³/mol. The number of rotatable bonds is 9. The van der Waals surface area contributed by atoms with Gasteiger partial charge in [0.15, 0.2) is 0 Å². The van der Waals surface area contributed by atoms with E-state index in [2.05, 4.69) is 17.6 Å². The van der Waals surface area contributed by atoms with E-state index in [9.17, 15) is 23.9 Å². The van der Waals surface area contributed by atoms with Gasteiger partial charge in [0.25, 0.3) is 0 Å². The van der Waals surface area contributed by atoms with Crippen LogP contribution in [0.2, 0.25) is 0 Å². The first kappa shape index (κ1) is 30.9. The number of halogens is 1. The quantitative estimate of drug-likeness (QED) is 0.275. The number of nitrogens with zero attached hydrogens (tertiary/aromatic N) is 6. The van der Waals surface area contributed by atoms with Gasteiger partial charge in [-0.2, -0.15) is 5.26 Å². The molecule has 46 heavy (non-hydrogen) atoms. The molecule has 10 nitrogen and oxygen atoms in total. The number of carbonyl (C=O) groups is 3. The highest BCUT2D eigenvalue weighted by atomic mass is 32.1. The molecule has 1 aromatic heterocycles. The summed E-state index contributed by atoms with van der Waals surface area (Å²) in [4.78, 5) is 49.5. The van der Waals surface area contributed by atoms with Crippen LogP contribution in [-0.4, -0.2) is 79.5 Å². The molecule has 0 aliphatic carbocycles. The van der Waals surface area contributed by atoms with Crippen molar-refractivity contribution in [2.75, 3.05) is 19.6 Å². The normalized spacial score (nSPS) is 18.5. The molecule has 3 heterocycles. The Morgan fingerprint density at radius 2 is 1.85 bits per heavy atom. The van der Waals surface area contributed by atoms with Crippen molar-refractivity contribution < 1.29 is 23.9 Å². The van der Waals surface area contributed by atoms with Gasteiger partial charge < -0.3 is 14.9 Å². The number of hydrazine groups is 1. The number of aromatic hydroxyl groups is 1. The summed E-state index contributed by atoms with van der Waals surface area (Å²) in [6.07, 6.45) is 1.54. The Hall–Kier alpha value is -5.12. The van der Waals surface area contributed by atoms with Crippen molar-refractivity contribution in [2.24, 2.45) is 0 Å². The number of nitriles is 1. The lowest BCUT2D eigenvalue weighted by Gasteiger charge is -2.55. The number of amides is 3. The van der Waals surface area contributed by atoms with Gasteiger partial charge in [0.05, 0.1) is 40.4 Å². The molecule has 0 saturated carbocycles. The molecule has 0 bridgehead atoms. The Morgan fingerprint density at radius 3 is 2.57 bits per heavy atom. The molecular formula is C34H31FN6O4S. The first-order valence-electron chi connectivity index (χ1n) is 14.8. The summed E-state index contributed by atoms with van der Waals surface area (Å²) in [7, 11) is 0. The molecular weight excluding hydrogens is 607 g/mol. The van der Waals surface area contributed by atoms with Crippen molar-refractivity contribution in [3.8, 4) is 11.8 Å². The Kier molecular flexibility index (Phi) is 8.78. The molecule has 2 fully saturated rings. The van der Waals surface area contributed by atoms with Crippen molar-refractivity contribution in [2.45, 2.75) is 38.0 Å². The standard InChI is InChI=1S/C34H31FN6O4S/c1-2-15-39-20-31(44)40-28(16-23-7-11-26(42)12-8-23)34(45)38(18-25-10-13-27(35)33-32(25)37-21-46-33)19-29(40)41(39)30(43)14-9-22-3-5-24(17-36)6-4-22/h2-8,10-13,21,28-29,42H,1,9,14-16,18-20H2/t28-,29-/m0/s1. The number of phenolic OH excluding ortho intramolecular Hbond substituents is 1. The van der Waals surface area contributed by atoms with Crippen molar-refractivity contribution in [3.05, 3.63) is 107 Å². The van der Waals surface area contributed by atoms with Crippen LogP contribution >= 0.6 is 11.3 Å². The highest BCUT2D eigenvalue weighted by Crippen LogP contribution is 2.32. The molecule has 2 aliphatic heterocycles. The number of aromatic nitrogens is 1. The van der Waals surface area contributed by atoms with Gasteiger partial charge in [0.1, 0.15) is 23.8 Å². The minimum Gasteiger partial charge on any atom is -0.508 e. The molecule has 2 aliphatic rings. The van der Waals surface area contributed by atoms with Gasteiger partial charge in [0.2, 0.25) is 17.7 Å². The molecule has 234 valence electrons. The summed E-state index contributed by atoms with van der Waals surface area (Å²) in [6.45, 7) is 4.11. The Morgan fingerprint density at radius 1 is 1.11 bits per heavy atom. The summed E-state index contributed by atoms with van der Waals surface area (Å²) in [5, 5.41) is 22.2. The number of fused-ring (bicyclic) bond motifs is 2. The summed E-state index contributed by atoms with van der Waals surface area (Å²) < 4.78 is 14.9. The largest absolute Gasteiger partial charge is 0.508 e. The second-order valence-electron chi connectivity index (χ2n) is 11.3. The number of hydrogen-bond donors (Lipinski definition) is 1. The lowest BCUT2D eigenvalue weighted by atomic mass is 9.98. The van der Waals surface area contributed by atoms with Crippen LogP contribution in [0.5, 0.6) is 5.75 Å². The van der Waals surface area contributed by atoms with Gasteiger partial charge in [-0.1, -0.05) is 36.4 Å². The fraction of sp³-hybridized carbons (Fsp3) is 0.265. The minimum absolute atomic E-state index is 0.0376. The maximum Gasteiger partial charge on any atom is 0.246 e. The van der Waals surface area contributed by atoms with Gasteiger partial charge in [-0.05, 0) is 53.4 Å². The number of hydrogen-bond acceptors (Lipinski definition) is 8. The lowest BCUT2D eigenvalue weighted by Crippen LogP contribution is -2.75. The number of carbonyl (C=O) groups excluding carboxylic acids is 3. The van der Waals surface area contributed by atoms with E-state index >= 15 is 0 Å². The van der Waals surface area contributed by atoms with Crippen LogP contribution in [-0.2, 0) is 33.8 Å². The zero-order chi connectivity index (χ0) is 32.4. The van der Waals surface area contributed by atoms with Crippen molar-refractivity contribution >= 4 is 39.3 Å². The number of phenols is 1. The first-order chi connectivity index (χ1) is 22.3. The van der Waals surface area contributed by atoms with Gasteiger partial charge in [-0.15, -0.1) is 17.9 Å². The SMILES string of the molecule is C=CCN1CC(=O)N2[C@@H](Cc3ccc(O)cc3)C(=O)N(Cc3ccc(F)c4scnc34)C[C@@H]2N1C(=O)CCc1ccc(C#N)cc1. The maximum atomic E-state index is 14.5. The summed E-state index contributed by atoms with van der Waals surface area (Å²) in [5.74, 6) is -1.12. The Labute approximate surface area is 269 Å². The van der Waals surface area contributed by atoms with Crippen molar-refractivity contribution in [1.29, 1.82) is 5.26 Å². The summed E-state index contributed by atoms with van der Waals surface area (Å²) >= 11 is 1.18. The number of benzene rings is 3. The monoisotopic (exact) mass is 638 g/mol.